The minimum atomic E-state index is -0.532. The van der Waals surface area contributed by atoms with Gasteiger partial charge in [-0.1, -0.05) is 19.1 Å². The molecule has 0 bridgehead atoms. The van der Waals surface area contributed by atoms with E-state index in [4.69, 9.17) is 12.2 Å². The lowest BCUT2D eigenvalue weighted by atomic mass is 10.2. The highest BCUT2D eigenvalue weighted by atomic mass is 32.2. The number of benzene rings is 2. The van der Waals surface area contributed by atoms with Crippen LogP contribution in [-0.2, 0) is 0 Å². The number of rotatable bonds is 7. The van der Waals surface area contributed by atoms with Crippen LogP contribution in [0.25, 0.3) is 0 Å². The zero-order valence-corrected chi connectivity index (χ0v) is 15.4. The van der Waals surface area contributed by atoms with Gasteiger partial charge in [-0.2, -0.15) is 0 Å². The molecule has 136 valence electrons. The van der Waals surface area contributed by atoms with Gasteiger partial charge in [0.2, 0.25) is 0 Å². The van der Waals surface area contributed by atoms with E-state index in [9.17, 15) is 20.2 Å². The Morgan fingerprint density at radius 2 is 1.65 bits per heavy atom. The molecular formula is C16H16N4O4S2. The first kappa shape index (κ1) is 19.6. The fraction of sp³-hybridized carbons (Fsp3) is 0.188. The van der Waals surface area contributed by atoms with Crippen molar-refractivity contribution in [3.05, 3.63) is 62.7 Å². The number of hydrogen-bond acceptors (Lipinski definition) is 6. The topological polar surface area (TPSA) is 110 Å². The molecule has 0 atom stereocenters. The van der Waals surface area contributed by atoms with Crippen LogP contribution >= 0.6 is 24.0 Å². The quantitative estimate of drug-likeness (QED) is 0.299. The van der Waals surface area contributed by atoms with Crippen molar-refractivity contribution >= 4 is 51.8 Å². The fourth-order valence-corrected chi connectivity index (χ4v) is 3.12. The van der Waals surface area contributed by atoms with Crippen molar-refractivity contribution in [2.24, 2.45) is 0 Å². The standard InChI is InChI=1S/C16H16N4O4S2/c1-2-9-26-11-7-8-15(20(23)24)13(10-11)18-16(25)17-12-5-3-4-6-14(12)19(21)22/h3-8,10H,2,9H2,1H3,(H2,17,18,25). The van der Waals surface area contributed by atoms with Crippen molar-refractivity contribution < 1.29 is 9.85 Å². The normalized spacial score (nSPS) is 10.2. The second-order valence-corrected chi connectivity index (χ2v) is 6.71. The molecule has 10 heteroatoms. The number of thiocarbonyl (C=S) groups is 1. The van der Waals surface area contributed by atoms with Gasteiger partial charge < -0.3 is 10.6 Å². The Morgan fingerprint density at radius 3 is 2.31 bits per heavy atom. The first-order valence-electron chi connectivity index (χ1n) is 7.65. The highest BCUT2D eigenvalue weighted by molar-refractivity contribution is 7.99. The van der Waals surface area contributed by atoms with E-state index in [1.807, 2.05) is 6.92 Å². The van der Waals surface area contributed by atoms with Crippen LogP contribution in [0.3, 0.4) is 0 Å². The number of thioether (sulfide) groups is 1. The molecule has 0 saturated carbocycles. The van der Waals surface area contributed by atoms with Crippen molar-refractivity contribution in [1.29, 1.82) is 0 Å². The molecule has 2 aromatic rings. The average Bonchev–Trinajstić information content (AvgIpc) is 2.60. The first-order chi connectivity index (χ1) is 12.4. The molecule has 0 aliphatic heterocycles. The minimum absolute atomic E-state index is 0.0278. The summed E-state index contributed by atoms with van der Waals surface area (Å²) in [5.74, 6) is 0.885. The Balaban J connectivity index is 2.22. The second-order valence-electron chi connectivity index (χ2n) is 5.14. The third kappa shape index (κ3) is 5.14. The van der Waals surface area contributed by atoms with E-state index >= 15 is 0 Å². The minimum Gasteiger partial charge on any atom is -0.327 e. The van der Waals surface area contributed by atoms with E-state index in [2.05, 4.69) is 10.6 Å². The summed E-state index contributed by atoms with van der Waals surface area (Å²) in [7, 11) is 0. The molecule has 2 rings (SSSR count). The van der Waals surface area contributed by atoms with Gasteiger partial charge >= 0.3 is 0 Å². The zero-order valence-electron chi connectivity index (χ0n) is 13.8. The van der Waals surface area contributed by atoms with E-state index in [1.54, 1.807) is 36.0 Å². The van der Waals surface area contributed by atoms with E-state index in [0.29, 0.717) is 0 Å². The molecular weight excluding hydrogens is 376 g/mol. The van der Waals surface area contributed by atoms with Crippen LogP contribution in [0.5, 0.6) is 0 Å². The molecule has 2 N–H and O–H groups in total. The van der Waals surface area contributed by atoms with Crippen LogP contribution in [0.2, 0.25) is 0 Å². The molecule has 0 heterocycles. The van der Waals surface area contributed by atoms with Crippen LogP contribution in [0.1, 0.15) is 13.3 Å². The number of para-hydroxylation sites is 2. The third-order valence-corrected chi connectivity index (χ3v) is 4.64. The summed E-state index contributed by atoms with van der Waals surface area (Å²) in [5, 5.41) is 27.8. The highest BCUT2D eigenvalue weighted by Crippen LogP contribution is 2.31. The summed E-state index contributed by atoms with van der Waals surface area (Å²) in [6, 6.07) is 10.8. The molecule has 26 heavy (non-hydrogen) atoms. The number of nitro groups is 2. The largest absolute Gasteiger partial charge is 0.327 e. The molecule has 0 spiro atoms. The van der Waals surface area contributed by atoms with Crippen molar-refractivity contribution in [2.45, 2.75) is 18.2 Å². The Bertz CT molecular complexity index is 845. The molecule has 0 aliphatic carbocycles. The molecule has 2 aromatic carbocycles. The van der Waals surface area contributed by atoms with Gasteiger partial charge in [-0.3, -0.25) is 20.2 Å². The van der Waals surface area contributed by atoms with Crippen molar-refractivity contribution in [2.75, 3.05) is 16.4 Å². The Labute approximate surface area is 159 Å². The van der Waals surface area contributed by atoms with Crippen LogP contribution in [0, 0.1) is 20.2 Å². The van der Waals surface area contributed by atoms with Gasteiger partial charge in [0.05, 0.1) is 9.85 Å². The van der Waals surface area contributed by atoms with Gasteiger partial charge in [-0.25, -0.2) is 0 Å². The molecule has 0 saturated heterocycles. The predicted molar refractivity (Wildman–Crippen MR) is 107 cm³/mol. The van der Waals surface area contributed by atoms with Gasteiger partial charge in [0, 0.05) is 17.0 Å². The van der Waals surface area contributed by atoms with Crippen molar-refractivity contribution in [1.82, 2.24) is 0 Å². The molecule has 0 amide bonds. The van der Waals surface area contributed by atoms with Crippen LogP contribution in [-0.4, -0.2) is 20.7 Å². The van der Waals surface area contributed by atoms with E-state index in [0.717, 1.165) is 17.1 Å². The van der Waals surface area contributed by atoms with Crippen molar-refractivity contribution in [3.63, 3.8) is 0 Å². The first-order valence-corrected chi connectivity index (χ1v) is 9.04. The number of nitrogens with zero attached hydrogens (tertiary/aromatic N) is 2. The maximum atomic E-state index is 11.2. The monoisotopic (exact) mass is 392 g/mol. The smallest absolute Gasteiger partial charge is 0.292 e. The summed E-state index contributed by atoms with van der Waals surface area (Å²) in [4.78, 5) is 22.1. The Kier molecular flexibility index (Phi) is 6.87. The number of anilines is 2. The van der Waals surface area contributed by atoms with Gasteiger partial charge in [0.15, 0.2) is 5.11 Å². The molecule has 0 fully saturated rings. The predicted octanol–water partition coefficient (Wildman–Crippen LogP) is 4.81. The molecule has 0 aromatic heterocycles. The number of nitro benzene ring substituents is 2. The van der Waals surface area contributed by atoms with E-state index in [-0.39, 0.29) is 27.9 Å². The second kappa shape index (κ2) is 9.11. The summed E-state index contributed by atoms with van der Waals surface area (Å²) in [6.07, 6.45) is 0.974. The van der Waals surface area contributed by atoms with Crippen molar-refractivity contribution in [3.8, 4) is 0 Å². The number of hydrogen-bond donors (Lipinski definition) is 2. The van der Waals surface area contributed by atoms with Crippen LogP contribution < -0.4 is 10.6 Å². The zero-order chi connectivity index (χ0) is 19.1. The molecule has 0 aliphatic rings. The maximum absolute atomic E-state index is 11.2. The maximum Gasteiger partial charge on any atom is 0.292 e. The number of nitrogens with one attached hydrogen (secondary N) is 2. The van der Waals surface area contributed by atoms with Crippen LogP contribution in [0.4, 0.5) is 22.7 Å². The third-order valence-electron chi connectivity index (χ3n) is 3.23. The van der Waals surface area contributed by atoms with Gasteiger partial charge in [-0.05, 0) is 42.6 Å². The summed E-state index contributed by atoms with van der Waals surface area (Å²) in [5.41, 5.74) is 0.164. The Hall–Kier alpha value is -2.72. The molecule has 8 nitrogen and oxygen atoms in total. The molecule has 0 radical (unpaired) electrons. The molecule has 0 unspecified atom stereocenters. The lowest BCUT2D eigenvalue weighted by Gasteiger charge is -2.12. The average molecular weight is 392 g/mol. The Morgan fingerprint density at radius 1 is 1.04 bits per heavy atom. The van der Waals surface area contributed by atoms with E-state index < -0.39 is 9.85 Å². The highest BCUT2D eigenvalue weighted by Gasteiger charge is 2.17. The van der Waals surface area contributed by atoms with E-state index in [1.165, 1.54) is 18.2 Å². The van der Waals surface area contributed by atoms with Gasteiger partial charge in [0.25, 0.3) is 11.4 Å². The fourth-order valence-electron chi connectivity index (χ4n) is 2.10. The summed E-state index contributed by atoms with van der Waals surface area (Å²) in [6.45, 7) is 2.05. The SMILES string of the molecule is CCCSc1ccc([N+](=O)[O-])c(NC(=S)Nc2ccccc2[N+](=O)[O-])c1. The van der Waals surface area contributed by atoms with Gasteiger partial charge in [-0.15, -0.1) is 11.8 Å². The lowest BCUT2D eigenvalue weighted by Crippen LogP contribution is -2.20. The van der Waals surface area contributed by atoms with Gasteiger partial charge in [0.1, 0.15) is 11.4 Å². The summed E-state index contributed by atoms with van der Waals surface area (Å²) < 4.78 is 0. The lowest BCUT2D eigenvalue weighted by molar-refractivity contribution is -0.384. The summed E-state index contributed by atoms with van der Waals surface area (Å²) >= 11 is 6.74. The van der Waals surface area contributed by atoms with Crippen LogP contribution in [0.15, 0.2) is 47.4 Å².